The molecule has 26 nitrogen and oxygen atoms in total. The molecule has 12 saturated heterocycles. The van der Waals surface area contributed by atoms with Gasteiger partial charge in [-0.05, 0) is 118 Å². The van der Waals surface area contributed by atoms with E-state index in [1.807, 2.05) is 0 Å². The minimum absolute atomic E-state index is 0.0181. The summed E-state index contributed by atoms with van der Waals surface area (Å²) < 4.78 is 60.6. The summed E-state index contributed by atoms with van der Waals surface area (Å²) in [6.45, 7) is 19.5. The lowest BCUT2D eigenvalue weighted by molar-refractivity contribution is -0.433. The third-order valence-electron chi connectivity index (χ3n) is 21.2. The van der Waals surface area contributed by atoms with Gasteiger partial charge < -0.3 is 114 Å². The lowest BCUT2D eigenvalue weighted by atomic mass is 9.79. The van der Waals surface area contributed by atoms with Crippen molar-refractivity contribution >= 4 is 50.4 Å². The van der Waals surface area contributed by atoms with Crippen molar-refractivity contribution in [3.63, 3.8) is 0 Å². The smallest absolute Gasteiger partial charge is 0.219 e. The fraction of sp³-hybridized carbons (Fsp3) is 0.617. The number of carbonyl (C=O) groups excluding carboxylic acids is 2. The van der Waals surface area contributed by atoms with Crippen molar-refractivity contribution in [2.75, 3.05) is 84.4 Å². The molecule has 8 bridgehead atoms. The number of carbonyl (C=O) groups is 2. The van der Waals surface area contributed by atoms with Crippen LogP contribution in [0.5, 0.6) is 0 Å². The Hall–Kier alpha value is -6.03. The molecule has 0 aliphatic carbocycles. The highest BCUT2D eigenvalue weighted by Crippen LogP contribution is 2.50. The largest absolute Gasteiger partial charge is 0.394 e. The third-order valence-corrected chi connectivity index (χ3v) is 21.2. The van der Waals surface area contributed by atoms with Gasteiger partial charge in [0.05, 0.1) is 44.1 Å². The lowest BCUT2D eigenvalue weighted by Crippen LogP contribution is -2.65. The quantitative estimate of drug-likeness (QED) is 0.0340. The lowest BCUT2D eigenvalue weighted by Gasteiger charge is -2.47. The number of nitrogens with one attached hydrogen (secondary N) is 2. The zero-order valence-corrected chi connectivity index (χ0v) is 63.5. The Bertz CT molecular complexity index is 3670. The fourth-order valence-corrected chi connectivity index (χ4v) is 15.8. The number of likely N-dealkylation sites (N-methyl/N-ethyl adjacent to an activating group) is 1. The molecule has 0 radical (unpaired) electrons. The van der Waals surface area contributed by atoms with E-state index in [1.165, 1.54) is 62.4 Å². The van der Waals surface area contributed by atoms with Crippen LogP contribution in [0.2, 0.25) is 0 Å². The van der Waals surface area contributed by atoms with E-state index >= 15 is 0 Å². The predicted octanol–water partition coefficient (Wildman–Crippen LogP) is 4.83. The Morgan fingerprint density at radius 2 is 1.08 bits per heavy atom. The molecule has 107 heavy (non-hydrogen) atoms. The molecule has 26 heteroatoms. The van der Waals surface area contributed by atoms with Gasteiger partial charge >= 0.3 is 0 Å². The highest BCUT2D eigenvalue weighted by Gasteiger charge is 2.55. The SMILES string of the molecule is C/C=C/C=C/C1=[N+](CC)c2ccc3ccccc3c2C1(C)C.C/C=C/C=C1/N(C)c2ccc3ccccc3c2C1(C)C.CC(=O)NCCCO[C@H]1C2O[C@H]3[C@H](O)[C@@H](O)[C@@H](CCCOC([C@@H](CO)O2)[C@@H]1O)O[C@@H]3CO.CCC(=O)NCCCO[C@H]1C2CCCO[C@H]3[C@H](O)[C@@H](O)[C@@H](OC([C@@H](CO)O2)[C@@H]1O)O[C@@H]3CO. The zero-order chi connectivity index (χ0) is 77.3. The molecule has 0 saturated carbocycles. The number of anilines is 1. The van der Waals surface area contributed by atoms with E-state index in [4.69, 9.17) is 47.4 Å². The molecule has 0 aromatic heterocycles. The summed E-state index contributed by atoms with van der Waals surface area (Å²) in [6, 6.07) is 26.4. The standard InChI is InChI=1S/C21H37NO11.C21H24N.C20H35NO11.C19H21N/c1-2-14(25)22-6-4-8-30-18-11-5-3-7-29-19-12(9-23)32-21(16(27)15(19)26)33-20(17(18)28)13(10-24)31-11;1-5-7-8-13-19-21(3,4)20-17-12-10-9-11-16(17)14-15-18(20)22(19)6-2;1-10(24)21-5-3-7-29-19-16(27)17-12(8-22)31-20(19)32-18-13(9-23)30-11(4-2-6-28-17)14(25)15(18)26;1-5-6-11-17-19(2,3)18-15-10-8-7-9-14(15)12-13-16(18)20(17)4/h11-13,15-21,23-24,26-28H,2-10H2,1H3,(H,22,25);5,7-15H,6H2,1-4H3;11-20,22-23,25-27H,2-9H2,1H3,(H,21,24);5-13H,1-4H3/q;+1;;/b;7-5+,13-8+;;6-5+,17-11+/t11?,12-,13-,15-,16-,17-,18+,19-,20?,21-;;11-,12-,13-,14+,15-,16+,17?,18-,19-,20?;/m1.1./s1. The number of benzene rings is 4. The summed E-state index contributed by atoms with van der Waals surface area (Å²) in [4.78, 5) is 24.7. The number of aliphatic hydroxyl groups is 10. The van der Waals surface area contributed by atoms with Crippen molar-refractivity contribution in [1.82, 2.24) is 10.6 Å². The summed E-state index contributed by atoms with van der Waals surface area (Å²) in [5.74, 6) is -0.231. The van der Waals surface area contributed by atoms with Crippen LogP contribution in [-0.4, -0.2) is 275 Å². The maximum absolute atomic E-state index is 11.4. The molecular weight excluding hydrogens is 1380 g/mol. The summed E-state index contributed by atoms with van der Waals surface area (Å²) in [5.41, 5.74) is 8.34. The van der Waals surface area contributed by atoms with Crippen LogP contribution in [0.15, 0.2) is 121 Å². The van der Waals surface area contributed by atoms with Crippen LogP contribution in [0, 0.1) is 0 Å². The maximum Gasteiger partial charge on any atom is 0.219 e. The molecule has 14 heterocycles. The van der Waals surface area contributed by atoms with Gasteiger partial charge in [-0.1, -0.05) is 106 Å². The number of rotatable bonds is 19. The van der Waals surface area contributed by atoms with Gasteiger partial charge in [0, 0.05) is 94.4 Å². The van der Waals surface area contributed by atoms with E-state index in [0.29, 0.717) is 58.0 Å². The van der Waals surface area contributed by atoms with Gasteiger partial charge in [0.25, 0.3) is 0 Å². The Morgan fingerprint density at radius 1 is 0.570 bits per heavy atom. The molecular formula is C81H117N4O22+. The third kappa shape index (κ3) is 19.7. The number of ether oxygens (including phenoxy) is 10. The molecule has 14 aliphatic rings. The van der Waals surface area contributed by atoms with E-state index in [-0.39, 0.29) is 49.1 Å². The summed E-state index contributed by atoms with van der Waals surface area (Å²) >= 11 is 0. The molecule has 4 aromatic carbocycles. The number of aliphatic hydroxyl groups excluding tert-OH is 10. The predicted molar refractivity (Wildman–Crippen MR) is 402 cm³/mol. The monoisotopic (exact) mass is 1500 g/mol. The van der Waals surface area contributed by atoms with E-state index < -0.39 is 149 Å². The first-order valence-electron chi connectivity index (χ1n) is 37.9. The average Bonchev–Trinajstić information content (AvgIpc) is 1.68. The number of hydrogen-bond acceptors (Lipinski definition) is 23. The molecule has 592 valence electrons. The maximum atomic E-state index is 11.4. The van der Waals surface area contributed by atoms with E-state index in [0.717, 1.165) is 6.54 Å². The second-order valence-electron chi connectivity index (χ2n) is 29.2. The number of allylic oxidation sites excluding steroid dienone is 8. The molecule has 20 atom stereocenters. The van der Waals surface area contributed by atoms with Crippen LogP contribution in [0.4, 0.5) is 11.4 Å². The average molecular weight is 1500 g/mol. The van der Waals surface area contributed by atoms with Crippen molar-refractivity contribution in [2.24, 2.45) is 0 Å². The number of nitrogens with zero attached hydrogens (tertiary/aromatic N) is 2. The van der Waals surface area contributed by atoms with Gasteiger partial charge in [-0.3, -0.25) is 9.59 Å². The summed E-state index contributed by atoms with van der Waals surface area (Å²) in [6.07, 6.45) is -3.52. The van der Waals surface area contributed by atoms with Crippen LogP contribution in [0.1, 0.15) is 118 Å². The van der Waals surface area contributed by atoms with E-state index in [1.54, 1.807) is 6.92 Å². The second-order valence-corrected chi connectivity index (χ2v) is 29.2. The van der Waals surface area contributed by atoms with Gasteiger partial charge in [0.15, 0.2) is 18.3 Å². The van der Waals surface area contributed by atoms with Crippen molar-refractivity contribution < 1.29 is 113 Å². The molecule has 12 N–H and O–H groups in total. The first-order valence-corrected chi connectivity index (χ1v) is 37.9. The second kappa shape index (κ2) is 39.7. The Morgan fingerprint density at radius 3 is 1.68 bits per heavy atom. The summed E-state index contributed by atoms with van der Waals surface area (Å²) in [5, 5.41) is 114. The molecule has 2 amide bonds. The van der Waals surface area contributed by atoms with Crippen LogP contribution >= 0.6 is 0 Å². The van der Waals surface area contributed by atoms with Gasteiger partial charge in [-0.2, -0.15) is 4.58 Å². The van der Waals surface area contributed by atoms with Crippen LogP contribution < -0.4 is 15.5 Å². The number of hydrogen-bond donors (Lipinski definition) is 12. The highest BCUT2D eigenvalue weighted by molar-refractivity contribution is 6.07. The van der Waals surface area contributed by atoms with Crippen molar-refractivity contribution in [3.05, 3.63) is 132 Å². The van der Waals surface area contributed by atoms with Crippen LogP contribution in [-0.2, 0) is 67.8 Å². The topological polar surface area (TPSA) is 359 Å². The Kier molecular flexibility index (Phi) is 31.6. The summed E-state index contributed by atoms with van der Waals surface area (Å²) in [7, 11) is 2.16. The van der Waals surface area contributed by atoms with Crippen LogP contribution in [0.3, 0.4) is 0 Å². The van der Waals surface area contributed by atoms with Gasteiger partial charge in [0.2, 0.25) is 17.5 Å². The fourth-order valence-electron chi connectivity index (χ4n) is 15.8. The molecule has 12 fully saturated rings. The Balaban J connectivity index is 0.000000168. The van der Waals surface area contributed by atoms with E-state index in [9.17, 15) is 60.7 Å². The minimum atomic E-state index is -1.51. The van der Waals surface area contributed by atoms with Gasteiger partial charge in [-0.25, -0.2) is 0 Å². The molecule has 18 rings (SSSR count). The van der Waals surface area contributed by atoms with Crippen molar-refractivity contribution in [1.29, 1.82) is 0 Å². The van der Waals surface area contributed by atoms with Crippen LogP contribution in [0.25, 0.3) is 21.5 Å². The molecule has 4 aromatic rings. The van der Waals surface area contributed by atoms with Gasteiger partial charge in [0.1, 0.15) is 104 Å². The van der Waals surface area contributed by atoms with Crippen molar-refractivity contribution in [2.45, 2.75) is 241 Å². The Labute approximate surface area is 628 Å². The van der Waals surface area contributed by atoms with Gasteiger partial charge in [-0.15, -0.1) is 0 Å². The van der Waals surface area contributed by atoms with E-state index in [2.05, 4.69) is 191 Å². The zero-order valence-electron chi connectivity index (χ0n) is 63.5. The number of fused-ring (bicyclic) bond motifs is 6. The normalized spacial score (nSPS) is 32.7. The van der Waals surface area contributed by atoms with Crippen molar-refractivity contribution in [3.8, 4) is 0 Å². The first kappa shape index (κ1) is 85.0. The molecule has 4 unspecified atom stereocenters. The number of amides is 2. The molecule has 0 spiro atoms. The highest BCUT2D eigenvalue weighted by atomic mass is 16.7. The molecule has 14 aliphatic heterocycles. The minimum Gasteiger partial charge on any atom is -0.394 e. The first-order chi connectivity index (χ1) is 51.4.